The van der Waals surface area contributed by atoms with Gasteiger partial charge in [0.1, 0.15) is 0 Å². The average molecular weight is 608 g/mol. The Morgan fingerprint density at radius 2 is 1.04 bits per heavy atom. The molecular formula is C44H38BNO. The number of hydrogen-bond acceptors (Lipinski definition) is 2. The molecular weight excluding hydrogens is 569 g/mol. The molecule has 0 amide bonds. The van der Waals surface area contributed by atoms with Gasteiger partial charge >= 0.3 is 0 Å². The summed E-state index contributed by atoms with van der Waals surface area (Å²) < 4.78 is 7.02. The van der Waals surface area contributed by atoms with Crippen molar-refractivity contribution in [1.82, 2.24) is 0 Å². The van der Waals surface area contributed by atoms with E-state index in [1.807, 2.05) is 0 Å². The molecule has 0 N–H and O–H groups in total. The van der Waals surface area contributed by atoms with Crippen LogP contribution in [0, 0.1) is 34.6 Å². The summed E-state index contributed by atoms with van der Waals surface area (Å²) in [5.41, 5.74) is 21.7. The molecule has 0 bridgehead atoms. The number of ether oxygens (including phenoxy) is 1. The van der Waals surface area contributed by atoms with Gasteiger partial charge in [0.2, 0.25) is 6.71 Å². The zero-order chi connectivity index (χ0) is 32.4. The van der Waals surface area contributed by atoms with E-state index in [0.29, 0.717) is 0 Å². The molecule has 0 atom stereocenters. The van der Waals surface area contributed by atoms with Gasteiger partial charge in [-0.2, -0.15) is 0 Å². The number of rotatable bonds is 3. The van der Waals surface area contributed by atoms with E-state index in [9.17, 15) is 0 Å². The van der Waals surface area contributed by atoms with Gasteiger partial charge in [0, 0.05) is 11.1 Å². The fourth-order valence-corrected chi connectivity index (χ4v) is 8.83. The molecule has 0 saturated carbocycles. The monoisotopic (exact) mass is 607 g/mol. The molecule has 0 aliphatic carbocycles. The van der Waals surface area contributed by atoms with Crippen molar-refractivity contribution in [2.45, 2.75) is 53.9 Å². The van der Waals surface area contributed by atoms with Crippen molar-refractivity contribution in [3.05, 3.63) is 142 Å². The van der Waals surface area contributed by atoms with Crippen molar-refractivity contribution in [2.24, 2.45) is 0 Å². The molecule has 0 fully saturated rings. The van der Waals surface area contributed by atoms with Crippen molar-refractivity contribution in [2.75, 3.05) is 4.90 Å². The van der Waals surface area contributed by atoms with E-state index >= 15 is 0 Å². The van der Waals surface area contributed by atoms with Gasteiger partial charge in [-0.05, 0) is 103 Å². The van der Waals surface area contributed by atoms with Crippen LogP contribution in [0.4, 0.5) is 17.1 Å². The van der Waals surface area contributed by atoms with Gasteiger partial charge < -0.3 is 9.64 Å². The fourth-order valence-electron chi connectivity index (χ4n) is 8.83. The summed E-state index contributed by atoms with van der Waals surface area (Å²) in [6.07, 6.45) is 0. The van der Waals surface area contributed by atoms with E-state index in [2.05, 4.69) is 156 Å². The Bertz CT molecular complexity index is 2280. The second-order valence-electron chi connectivity index (χ2n) is 14.6. The van der Waals surface area contributed by atoms with E-state index < -0.39 is 0 Å². The van der Waals surface area contributed by atoms with Gasteiger partial charge in [0.15, 0.2) is 11.5 Å². The summed E-state index contributed by atoms with van der Waals surface area (Å²) in [6.45, 7) is 16.2. The van der Waals surface area contributed by atoms with Crippen LogP contribution < -0.4 is 26.0 Å². The van der Waals surface area contributed by atoms with Crippen molar-refractivity contribution in [1.29, 1.82) is 0 Å². The fraction of sp³-hybridized carbons (Fsp3) is 0.182. The lowest BCUT2D eigenvalue weighted by atomic mass is 9.33. The van der Waals surface area contributed by atoms with Crippen LogP contribution in [0.3, 0.4) is 0 Å². The average Bonchev–Trinajstić information content (AvgIpc) is 3.04. The highest BCUT2D eigenvalue weighted by atomic mass is 16.5. The quantitative estimate of drug-likeness (QED) is 0.186. The molecule has 2 nitrogen and oxygen atoms in total. The maximum atomic E-state index is 7.02. The summed E-state index contributed by atoms with van der Waals surface area (Å²) in [4.78, 5) is 2.56. The molecule has 47 heavy (non-hydrogen) atoms. The largest absolute Gasteiger partial charge is 0.453 e. The van der Waals surface area contributed by atoms with Crippen LogP contribution in [0.15, 0.2) is 103 Å². The zero-order valence-electron chi connectivity index (χ0n) is 28.2. The van der Waals surface area contributed by atoms with E-state index in [1.165, 1.54) is 94.6 Å². The van der Waals surface area contributed by atoms with Gasteiger partial charge in [-0.15, -0.1) is 0 Å². The third-order valence-corrected chi connectivity index (χ3v) is 10.8. The Labute approximate surface area is 278 Å². The second-order valence-corrected chi connectivity index (χ2v) is 14.6. The van der Waals surface area contributed by atoms with Crippen LogP contribution in [0.5, 0.6) is 11.5 Å². The minimum Gasteiger partial charge on any atom is -0.453 e. The predicted octanol–water partition coefficient (Wildman–Crippen LogP) is 9.61. The Morgan fingerprint density at radius 3 is 1.72 bits per heavy atom. The molecule has 3 aliphatic heterocycles. The highest BCUT2D eigenvalue weighted by molar-refractivity contribution is 6.98. The summed E-state index contributed by atoms with van der Waals surface area (Å²) in [5, 5.41) is 0. The Kier molecular flexibility index (Phi) is 5.85. The zero-order valence-corrected chi connectivity index (χ0v) is 28.2. The maximum Gasteiger partial charge on any atom is 0.247 e. The summed E-state index contributed by atoms with van der Waals surface area (Å²) in [7, 11) is 0. The molecule has 9 rings (SSSR count). The smallest absolute Gasteiger partial charge is 0.247 e. The van der Waals surface area contributed by atoms with Crippen LogP contribution in [-0.4, -0.2) is 6.71 Å². The highest BCUT2D eigenvalue weighted by Crippen LogP contribution is 2.61. The molecule has 3 aliphatic rings. The molecule has 0 unspecified atom stereocenters. The molecule has 0 saturated heterocycles. The van der Waals surface area contributed by atoms with Gasteiger partial charge in [-0.25, -0.2) is 0 Å². The van der Waals surface area contributed by atoms with E-state index in [-0.39, 0.29) is 12.1 Å². The lowest BCUT2D eigenvalue weighted by molar-refractivity contribution is 0.471. The number of nitrogens with zero attached hydrogens (tertiary/aromatic N) is 1. The van der Waals surface area contributed by atoms with Crippen LogP contribution in [0.2, 0.25) is 0 Å². The van der Waals surface area contributed by atoms with Crippen molar-refractivity contribution < 1.29 is 4.74 Å². The van der Waals surface area contributed by atoms with Crippen molar-refractivity contribution >= 4 is 40.2 Å². The third kappa shape index (κ3) is 3.99. The minimum absolute atomic E-state index is 0.124. The first-order valence-electron chi connectivity index (χ1n) is 16.8. The minimum atomic E-state index is -0.234. The van der Waals surface area contributed by atoms with Crippen molar-refractivity contribution in [3.63, 3.8) is 0 Å². The van der Waals surface area contributed by atoms with E-state index in [0.717, 1.165) is 11.5 Å². The van der Waals surface area contributed by atoms with Gasteiger partial charge in [0.05, 0.1) is 11.4 Å². The van der Waals surface area contributed by atoms with Crippen LogP contribution >= 0.6 is 0 Å². The first-order chi connectivity index (χ1) is 22.6. The molecule has 6 aromatic rings. The maximum absolute atomic E-state index is 7.02. The Morgan fingerprint density at radius 1 is 0.511 bits per heavy atom. The van der Waals surface area contributed by atoms with Crippen LogP contribution in [0.25, 0.3) is 22.3 Å². The Balaban J connectivity index is 1.30. The summed E-state index contributed by atoms with van der Waals surface area (Å²) in [5.74, 6) is 1.87. The molecule has 0 spiro atoms. The molecule has 0 radical (unpaired) electrons. The van der Waals surface area contributed by atoms with Crippen LogP contribution in [0.1, 0.15) is 52.8 Å². The molecule has 0 aromatic heterocycles. The SMILES string of the molecule is Cc1cc(C)c(B2c3cc(C)cc4c3N3c5c(cc(-c6ccc(-c7ccccc7)cc6)cc5C(C)(C)c5cc(C)cc2c53)O4)c(C)c1. The lowest BCUT2D eigenvalue weighted by Crippen LogP contribution is -2.60. The number of aryl methyl sites for hydroxylation is 5. The molecule has 3 heterocycles. The first kappa shape index (κ1) is 28.2. The Hall–Kier alpha value is -5.02. The predicted molar refractivity (Wildman–Crippen MR) is 199 cm³/mol. The first-order valence-corrected chi connectivity index (χ1v) is 16.8. The molecule has 228 valence electrons. The topological polar surface area (TPSA) is 12.5 Å². The number of anilines is 3. The van der Waals surface area contributed by atoms with Gasteiger partial charge in [-0.1, -0.05) is 126 Å². The van der Waals surface area contributed by atoms with Crippen molar-refractivity contribution in [3.8, 4) is 33.8 Å². The van der Waals surface area contributed by atoms with E-state index in [4.69, 9.17) is 4.74 Å². The lowest BCUT2D eigenvalue weighted by Gasteiger charge is -2.50. The third-order valence-electron chi connectivity index (χ3n) is 10.8. The van der Waals surface area contributed by atoms with Gasteiger partial charge in [0.25, 0.3) is 0 Å². The number of hydrogen-bond donors (Lipinski definition) is 0. The van der Waals surface area contributed by atoms with Gasteiger partial charge in [-0.3, -0.25) is 0 Å². The standard InChI is InChI=1S/C44H38BNO/c1-25-17-28(4)40(29(5)18-25)45-36-20-26(2)19-34-41(36)46-42-35(44(34,6)7)23-33(24-39(42)47-38-22-27(3)21-37(45)43(38)46)32-15-13-31(14-16-32)30-11-9-8-10-12-30/h8-24H,1-7H3. The second kappa shape index (κ2) is 9.75. The highest BCUT2D eigenvalue weighted by Gasteiger charge is 2.49. The summed E-state index contributed by atoms with van der Waals surface area (Å²) in [6, 6.07) is 38.5. The molecule has 6 aromatic carbocycles. The van der Waals surface area contributed by atoms with E-state index in [1.54, 1.807) is 0 Å². The normalized spacial score (nSPS) is 14.5. The van der Waals surface area contributed by atoms with Crippen LogP contribution in [-0.2, 0) is 5.41 Å². The number of benzene rings is 6. The summed E-state index contributed by atoms with van der Waals surface area (Å²) >= 11 is 0. The molecule has 3 heteroatoms.